The van der Waals surface area contributed by atoms with Crippen molar-refractivity contribution in [2.75, 3.05) is 7.11 Å². The number of esters is 1. The lowest BCUT2D eigenvalue weighted by Gasteiger charge is -2.15. The quantitative estimate of drug-likeness (QED) is 0.753. The lowest BCUT2D eigenvalue weighted by molar-refractivity contribution is -0.140. The second kappa shape index (κ2) is 6.43. The van der Waals surface area contributed by atoms with Crippen LogP contribution in [-0.2, 0) is 16.0 Å². The predicted molar refractivity (Wildman–Crippen MR) is 72.0 cm³/mol. The van der Waals surface area contributed by atoms with Crippen molar-refractivity contribution in [2.45, 2.75) is 46.6 Å². The molecule has 3 nitrogen and oxygen atoms in total. The maximum Gasteiger partial charge on any atom is 0.305 e. The Labute approximate surface area is 109 Å². The van der Waals surface area contributed by atoms with E-state index < -0.39 is 0 Å². The molecule has 0 saturated carbocycles. The van der Waals surface area contributed by atoms with E-state index in [2.05, 4.69) is 4.74 Å². The third-order valence-electron chi connectivity index (χ3n) is 2.85. The molecular formula is C15H22O3. The van der Waals surface area contributed by atoms with Crippen molar-refractivity contribution in [1.82, 2.24) is 0 Å². The first-order chi connectivity index (χ1) is 8.43. The summed E-state index contributed by atoms with van der Waals surface area (Å²) in [7, 11) is 1.42. The largest absolute Gasteiger partial charge is 0.491 e. The molecule has 0 aliphatic rings. The SMILES string of the molecule is COC(=O)CCc1c(C)cc(OC(C)C)cc1C. The Kier molecular flexibility index (Phi) is 5.20. The van der Waals surface area contributed by atoms with Gasteiger partial charge in [-0.15, -0.1) is 0 Å². The van der Waals surface area contributed by atoms with Crippen molar-refractivity contribution in [1.29, 1.82) is 0 Å². The summed E-state index contributed by atoms with van der Waals surface area (Å²) in [6.45, 7) is 8.12. The highest BCUT2D eigenvalue weighted by Gasteiger charge is 2.09. The van der Waals surface area contributed by atoms with Crippen molar-refractivity contribution >= 4 is 5.97 Å². The van der Waals surface area contributed by atoms with Gasteiger partial charge in [-0.2, -0.15) is 0 Å². The fourth-order valence-electron chi connectivity index (χ4n) is 2.02. The number of ether oxygens (including phenoxy) is 2. The van der Waals surface area contributed by atoms with Crippen molar-refractivity contribution in [3.8, 4) is 5.75 Å². The highest BCUT2D eigenvalue weighted by molar-refractivity contribution is 5.69. The maximum atomic E-state index is 11.2. The second-order valence-corrected chi connectivity index (χ2v) is 4.78. The molecule has 0 heterocycles. The van der Waals surface area contributed by atoms with Crippen LogP contribution in [0.2, 0.25) is 0 Å². The van der Waals surface area contributed by atoms with Crippen LogP contribution in [0.15, 0.2) is 12.1 Å². The first-order valence-corrected chi connectivity index (χ1v) is 6.27. The van der Waals surface area contributed by atoms with E-state index in [1.165, 1.54) is 12.7 Å². The summed E-state index contributed by atoms with van der Waals surface area (Å²) in [5.74, 6) is 0.720. The molecule has 0 aromatic heterocycles. The van der Waals surface area contributed by atoms with Gasteiger partial charge in [0.15, 0.2) is 0 Å². The summed E-state index contributed by atoms with van der Waals surface area (Å²) in [6, 6.07) is 4.05. The minimum Gasteiger partial charge on any atom is -0.491 e. The number of hydrogen-bond donors (Lipinski definition) is 0. The molecule has 0 aliphatic carbocycles. The number of benzene rings is 1. The number of carbonyl (C=O) groups excluding carboxylic acids is 1. The van der Waals surface area contributed by atoms with E-state index in [1.54, 1.807) is 0 Å². The normalized spacial score (nSPS) is 10.6. The average molecular weight is 250 g/mol. The third kappa shape index (κ3) is 4.06. The molecule has 0 spiro atoms. The van der Waals surface area contributed by atoms with Gasteiger partial charge in [-0.25, -0.2) is 0 Å². The fourth-order valence-corrected chi connectivity index (χ4v) is 2.02. The molecule has 100 valence electrons. The lowest BCUT2D eigenvalue weighted by Crippen LogP contribution is -2.08. The first kappa shape index (κ1) is 14.6. The molecule has 0 aliphatic heterocycles. The Balaban J connectivity index is 2.84. The van der Waals surface area contributed by atoms with Crippen LogP contribution < -0.4 is 4.74 Å². The molecule has 1 aromatic rings. The second-order valence-electron chi connectivity index (χ2n) is 4.78. The molecule has 0 N–H and O–H groups in total. The molecule has 0 fully saturated rings. The van der Waals surface area contributed by atoms with Crippen molar-refractivity contribution in [3.63, 3.8) is 0 Å². The molecule has 1 rings (SSSR count). The van der Waals surface area contributed by atoms with Gasteiger partial charge in [0.2, 0.25) is 0 Å². The Hall–Kier alpha value is -1.51. The van der Waals surface area contributed by atoms with E-state index >= 15 is 0 Å². The van der Waals surface area contributed by atoms with E-state index in [0.29, 0.717) is 12.8 Å². The summed E-state index contributed by atoms with van der Waals surface area (Å²) in [6.07, 6.45) is 1.30. The number of aryl methyl sites for hydroxylation is 2. The van der Waals surface area contributed by atoms with Gasteiger partial charge >= 0.3 is 5.97 Å². The molecule has 0 saturated heterocycles. The number of rotatable bonds is 5. The summed E-state index contributed by atoms with van der Waals surface area (Å²) in [5.41, 5.74) is 3.53. The maximum absolute atomic E-state index is 11.2. The zero-order valence-corrected chi connectivity index (χ0v) is 11.9. The van der Waals surface area contributed by atoms with Crippen molar-refractivity contribution in [3.05, 3.63) is 28.8 Å². The van der Waals surface area contributed by atoms with E-state index in [-0.39, 0.29) is 12.1 Å². The molecule has 18 heavy (non-hydrogen) atoms. The molecule has 0 atom stereocenters. The summed E-state index contributed by atoms with van der Waals surface area (Å²) in [4.78, 5) is 11.2. The van der Waals surface area contributed by atoms with Crippen molar-refractivity contribution < 1.29 is 14.3 Å². The van der Waals surface area contributed by atoms with Gasteiger partial charge in [-0.05, 0) is 62.9 Å². The molecule has 0 amide bonds. The summed E-state index contributed by atoms with van der Waals surface area (Å²) >= 11 is 0. The van der Waals surface area contributed by atoms with Gasteiger partial charge in [0.05, 0.1) is 13.2 Å². The highest BCUT2D eigenvalue weighted by Crippen LogP contribution is 2.24. The predicted octanol–water partition coefficient (Wildman–Crippen LogP) is 3.20. The van der Waals surface area contributed by atoms with E-state index in [1.807, 2.05) is 39.8 Å². The summed E-state index contributed by atoms with van der Waals surface area (Å²) < 4.78 is 10.4. The van der Waals surface area contributed by atoms with Crippen LogP contribution in [0.25, 0.3) is 0 Å². The molecular weight excluding hydrogens is 228 g/mol. The molecule has 0 radical (unpaired) electrons. The van der Waals surface area contributed by atoms with Crippen LogP contribution >= 0.6 is 0 Å². The van der Waals surface area contributed by atoms with Gasteiger partial charge in [0, 0.05) is 6.42 Å². The Bertz CT molecular complexity index is 399. The first-order valence-electron chi connectivity index (χ1n) is 6.27. The van der Waals surface area contributed by atoms with Gasteiger partial charge in [0.1, 0.15) is 5.75 Å². The van der Waals surface area contributed by atoms with Crippen LogP contribution in [-0.4, -0.2) is 19.2 Å². The van der Waals surface area contributed by atoms with Gasteiger partial charge in [0.25, 0.3) is 0 Å². The van der Waals surface area contributed by atoms with Crippen LogP contribution in [0.5, 0.6) is 5.75 Å². The average Bonchev–Trinajstić information content (AvgIpc) is 2.26. The van der Waals surface area contributed by atoms with Crippen LogP contribution in [0.4, 0.5) is 0 Å². The van der Waals surface area contributed by atoms with Crippen molar-refractivity contribution in [2.24, 2.45) is 0 Å². The zero-order chi connectivity index (χ0) is 13.7. The zero-order valence-electron chi connectivity index (χ0n) is 11.9. The topological polar surface area (TPSA) is 35.5 Å². The minimum atomic E-state index is -0.170. The minimum absolute atomic E-state index is 0.170. The highest BCUT2D eigenvalue weighted by atomic mass is 16.5. The van der Waals surface area contributed by atoms with E-state index in [4.69, 9.17) is 4.74 Å². The Morgan fingerprint density at radius 3 is 2.22 bits per heavy atom. The Morgan fingerprint density at radius 2 is 1.78 bits per heavy atom. The van der Waals surface area contributed by atoms with Crippen LogP contribution in [0.1, 0.15) is 37.0 Å². The molecule has 0 bridgehead atoms. The summed E-state index contributed by atoms with van der Waals surface area (Å²) in [5, 5.41) is 0. The van der Waals surface area contributed by atoms with Crippen LogP contribution in [0.3, 0.4) is 0 Å². The van der Waals surface area contributed by atoms with Gasteiger partial charge in [-0.3, -0.25) is 4.79 Å². The van der Waals surface area contributed by atoms with Gasteiger partial charge < -0.3 is 9.47 Å². The number of carbonyl (C=O) groups is 1. The van der Waals surface area contributed by atoms with Gasteiger partial charge in [-0.1, -0.05) is 0 Å². The fraction of sp³-hybridized carbons (Fsp3) is 0.533. The smallest absolute Gasteiger partial charge is 0.305 e. The monoisotopic (exact) mass is 250 g/mol. The van der Waals surface area contributed by atoms with Crippen LogP contribution in [0, 0.1) is 13.8 Å². The third-order valence-corrected chi connectivity index (χ3v) is 2.85. The van der Waals surface area contributed by atoms with E-state index in [0.717, 1.165) is 16.9 Å². The number of methoxy groups -OCH3 is 1. The lowest BCUT2D eigenvalue weighted by atomic mass is 9.98. The number of hydrogen-bond acceptors (Lipinski definition) is 3. The standard InChI is InChI=1S/C15H22O3/c1-10(2)18-13-8-11(3)14(12(4)9-13)6-7-15(16)17-5/h8-10H,6-7H2,1-5H3. The molecule has 0 unspecified atom stereocenters. The molecule has 3 heteroatoms. The Morgan fingerprint density at radius 1 is 1.22 bits per heavy atom. The van der Waals surface area contributed by atoms with E-state index in [9.17, 15) is 4.79 Å². The molecule has 1 aromatic carbocycles.